The first kappa shape index (κ1) is 21.2. The average Bonchev–Trinajstić information content (AvgIpc) is 3.19. The van der Waals surface area contributed by atoms with Crippen molar-refractivity contribution >= 4 is 44.6 Å². The Hall–Kier alpha value is -1.52. The Labute approximate surface area is 172 Å². The molecule has 1 aliphatic rings. The number of benzene rings is 1. The molecule has 1 aromatic heterocycles. The third kappa shape index (κ3) is 5.09. The van der Waals surface area contributed by atoms with Crippen molar-refractivity contribution in [2.45, 2.75) is 36.1 Å². The van der Waals surface area contributed by atoms with Gasteiger partial charge in [0, 0.05) is 24.2 Å². The van der Waals surface area contributed by atoms with Crippen LogP contribution in [-0.2, 0) is 14.8 Å². The van der Waals surface area contributed by atoms with Gasteiger partial charge in [0.2, 0.25) is 15.9 Å². The van der Waals surface area contributed by atoms with Crippen molar-refractivity contribution in [1.82, 2.24) is 9.62 Å². The van der Waals surface area contributed by atoms with Crippen LogP contribution in [0.3, 0.4) is 0 Å². The molecule has 6 nitrogen and oxygen atoms in total. The minimum Gasteiger partial charge on any atom is -0.322 e. The molecular weight excluding hydrogens is 425 g/mol. The number of thiophene rings is 1. The van der Waals surface area contributed by atoms with Gasteiger partial charge in [0.1, 0.15) is 10.0 Å². The van der Waals surface area contributed by atoms with Crippen molar-refractivity contribution in [3.8, 4) is 0 Å². The normalized spacial score (nSPS) is 17.4. The molecule has 0 saturated carbocycles. The second kappa shape index (κ2) is 8.87. The number of rotatable bonds is 6. The van der Waals surface area contributed by atoms with Crippen molar-refractivity contribution in [2.75, 3.05) is 18.4 Å². The summed E-state index contributed by atoms with van der Waals surface area (Å²) in [6.07, 6.45) is 1.19. The van der Waals surface area contributed by atoms with Gasteiger partial charge in [0.25, 0.3) is 0 Å². The predicted molar refractivity (Wildman–Crippen MR) is 109 cm³/mol. The number of likely N-dealkylation sites (tertiary alicyclic amines) is 1. The van der Waals surface area contributed by atoms with Gasteiger partial charge in [-0.1, -0.05) is 17.7 Å². The summed E-state index contributed by atoms with van der Waals surface area (Å²) in [4.78, 5) is 14.4. The minimum absolute atomic E-state index is 0.0832. The van der Waals surface area contributed by atoms with Gasteiger partial charge in [0.15, 0.2) is 0 Å². The van der Waals surface area contributed by atoms with Gasteiger partial charge in [-0.3, -0.25) is 9.69 Å². The molecule has 28 heavy (non-hydrogen) atoms. The zero-order valence-electron chi connectivity index (χ0n) is 15.2. The van der Waals surface area contributed by atoms with E-state index in [9.17, 15) is 17.6 Å². The summed E-state index contributed by atoms with van der Waals surface area (Å²) in [7, 11) is -3.50. The highest BCUT2D eigenvalue weighted by atomic mass is 35.5. The number of sulfonamides is 1. The first-order valence-corrected chi connectivity index (χ1v) is 11.6. The number of nitrogens with zero attached hydrogens (tertiary/aromatic N) is 1. The Morgan fingerprint density at radius 1 is 1.32 bits per heavy atom. The molecule has 1 aromatic carbocycles. The number of nitrogens with one attached hydrogen (secondary N) is 2. The molecule has 1 aliphatic heterocycles. The van der Waals surface area contributed by atoms with Crippen molar-refractivity contribution in [1.29, 1.82) is 0 Å². The van der Waals surface area contributed by atoms with Crippen LogP contribution in [0.2, 0.25) is 5.02 Å². The van der Waals surface area contributed by atoms with E-state index in [4.69, 9.17) is 11.6 Å². The molecule has 2 N–H and O–H groups in total. The van der Waals surface area contributed by atoms with Crippen LogP contribution in [0.5, 0.6) is 0 Å². The van der Waals surface area contributed by atoms with E-state index < -0.39 is 21.9 Å². The SMILES string of the molecule is C[C@@H](C(=O)Nc1ccc(Cl)cc1F)N1CCC(NS(=O)(=O)c2cccs2)CC1. The maximum Gasteiger partial charge on any atom is 0.250 e. The Balaban J connectivity index is 1.53. The number of carbonyl (C=O) groups excluding carboxylic acids is 1. The van der Waals surface area contributed by atoms with E-state index >= 15 is 0 Å². The van der Waals surface area contributed by atoms with Gasteiger partial charge in [-0.05, 0) is 49.4 Å². The number of hydrogen-bond acceptors (Lipinski definition) is 5. The van der Waals surface area contributed by atoms with E-state index in [1.807, 2.05) is 4.90 Å². The van der Waals surface area contributed by atoms with Gasteiger partial charge >= 0.3 is 0 Å². The molecule has 0 bridgehead atoms. The van der Waals surface area contributed by atoms with E-state index in [1.54, 1.807) is 24.4 Å². The number of amides is 1. The maximum absolute atomic E-state index is 13.9. The highest BCUT2D eigenvalue weighted by Crippen LogP contribution is 2.22. The highest BCUT2D eigenvalue weighted by molar-refractivity contribution is 7.91. The van der Waals surface area contributed by atoms with E-state index in [0.29, 0.717) is 30.1 Å². The zero-order chi connectivity index (χ0) is 20.3. The molecule has 152 valence electrons. The fourth-order valence-electron chi connectivity index (χ4n) is 3.09. The second-order valence-corrected chi connectivity index (χ2v) is 9.98. The highest BCUT2D eigenvalue weighted by Gasteiger charge is 2.29. The smallest absolute Gasteiger partial charge is 0.250 e. The van der Waals surface area contributed by atoms with Crippen molar-refractivity contribution in [3.63, 3.8) is 0 Å². The number of anilines is 1. The van der Waals surface area contributed by atoms with E-state index in [-0.39, 0.29) is 22.7 Å². The average molecular weight is 446 g/mol. The first-order valence-electron chi connectivity index (χ1n) is 8.82. The van der Waals surface area contributed by atoms with Crippen LogP contribution >= 0.6 is 22.9 Å². The van der Waals surface area contributed by atoms with E-state index in [2.05, 4.69) is 10.0 Å². The number of carbonyl (C=O) groups is 1. The van der Waals surface area contributed by atoms with Crippen LogP contribution in [0.4, 0.5) is 10.1 Å². The van der Waals surface area contributed by atoms with Crippen LogP contribution < -0.4 is 10.0 Å². The first-order chi connectivity index (χ1) is 13.3. The molecule has 0 spiro atoms. The van der Waals surface area contributed by atoms with Gasteiger partial charge in [-0.2, -0.15) is 0 Å². The largest absolute Gasteiger partial charge is 0.322 e. The number of halogens is 2. The maximum atomic E-state index is 13.9. The van der Waals surface area contributed by atoms with Crippen molar-refractivity contribution < 1.29 is 17.6 Å². The predicted octanol–water partition coefficient (Wildman–Crippen LogP) is 3.31. The van der Waals surface area contributed by atoms with Gasteiger partial charge in [-0.25, -0.2) is 17.5 Å². The van der Waals surface area contributed by atoms with Crippen LogP contribution in [0, 0.1) is 5.82 Å². The molecule has 3 rings (SSSR count). The quantitative estimate of drug-likeness (QED) is 0.715. The molecule has 0 radical (unpaired) electrons. The lowest BCUT2D eigenvalue weighted by atomic mass is 10.0. The van der Waals surface area contributed by atoms with E-state index in [0.717, 1.165) is 6.07 Å². The monoisotopic (exact) mass is 445 g/mol. The molecule has 1 fully saturated rings. The van der Waals surface area contributed by atoms with Crippen molar-refractivity contribution in [2.24, 2.45) is 0 Å². The summed E-state index contributed by atoms with van der Waals surface area (Å²) in [6, 6.07) is 6.71. The molecule has 2 aromatic rings. The minimum atomic E-state index is -3.50. The fraction of sp³-hybridized carbons (Fsp3) is 0.389. The standard InChI is InChI=1S/C18H21ClFN3O3S2/c1-12(18(24)21-16-5-4-13(19)11-15(16)20)23-8-6-14(7-9-23)22-28(25,26)17-3-2-10-27-17/h2-5,10-12,14,22H,6-9H2,1H3,(H,21,24)/t12-/m0/s1. The second-order valence-electron chi connectivity index (χ2n) is 6.65. The summed E-state index contributed by atoms with van der Waals surface area (Å²) in [5, 5.41) is 4.56. The van der Waals surface area contributed by atoms with Gasteiger partial charge in [-0.15, -0.1) is 11.3 Å². The third-order valence-corrected chi connectivity index (χ3v) is 7.88. The summed E-state index contributed by atoms with van der Waals surface area (Å²) in [5.41, 5.74) is 0.0832. The molecule has 10 heteroatoms. The lowest BCUT2D eigenvalue weighted by Gasteiger charge is -2.35. The Kier molecular flexibility index (Phi) is 6.72. The van der Waals surface area contributed by atoms with Crippen LogP contribution in [-0.4, -0.2) is 44.4 Å². The fourth-order valence-corrected chi connectivity index (χ4v) is 5.57. The molecule has 1 saturated heterocycles. The third-order valence-electron chi connectivity index (χ3n) is 4.73. The Bertz CT molecular complexity index is 930. The number of hydrogen-bond donors (Lipinski definition) is 2. The van der Waals surface area contributed by atoms with E-state index in [1.165, 1.54) is 23.5 Å². The van der Waals surface area contributed by atoms with Crippen LogP contribution in [0.15, 0.2) is 39.9 Å². The molecule has 1 atom stereocenters. The summed E-state index contributed by atoms with van der Waals surface area (Å²) in [5.74, 6) is -0.909. The molecule has 1 amide bonds. The Morgan fingerprint density at radius 2 is 2.04 bits per heavy atom. The topological polar surface area (TPSA) is 78.5 Å². The summed E-state index contributed by atoms with van der Waals surface area (Å²) < 4.78 is 41.5. The summed E-state index contributed by atoms with van der Waals surface area (Å²) in [6.45, 7) is 2.88. The van der Waals surface area contributed by atoms with Crippen LogP contribution in [0.1, 0.15) is 19.8 Å². The number of piperidine rings is 1. The van der Waals surface area contributed by atoms with Gasteiger partial charge < -0.3 is 5.32 Å². The Morgan fingerprint density at radius 3 is 2.64 bits per heavy atom. The lowest BCUT2D eigenvalue weighted by molar-refractivity contribution is -0.121. The summed E-state index contributed by atoms with van der Waals surface area (Å²) >= 11 is 6.90. The molecule has 2 heterocycles. The zero-order valence-corrected chi connectivity index (χ0v) is 17.6. The molecule has 0 aliphatic carbocycles. The molecule has 0 unspecified atom stereocenters. The van der Waals surface area contributed by atoms with Gasteiger partial charge in [0.05, 0.1) is 11.7 Å². The lowest BCUT2D eigenvalue weighted by Crippen LogP contribution is -2.50. The van der Waals surface area contributed by atoms with Crippen LogP contribution in [0.25, 0.3) is 0 Å². The molecular formula is C18H21ClFN3O3S2. The van der Waals surface area contributed by atoms with Crippen molar-refractivity contribution in [3.05, 3.63) is 46.6 Å².